The van der Waals surface area contributed by atoms with Gasteiger partial charge >= 0.3 is 5.97 Å². The lowest BCUT2D eigenvalue weighted by Gasteiger charge is -2.45. The molecule has 0 aromatic rings. The number of hydrogen-bond acceptors (Lipinski definition) is 5. The molecule has 0 aromatic carbocycles. The third kappa shape index (κ3) is 2.21. The molecule has 0 spiro atoms. The summed E-state index contributed by atoms with van der Waals surface area (Å²) in [6, 6.07) is 0. The first-order chi connectivity index (χ1) is 7.27. The van der Waals surface area contributed by atoms with Crippen LogP contribution in [0.15, 0.2) is 0 Å². The second kappa shape index (κ2) is 4.31. The van der Waals surface area contributed by atoms with Gasteiger partial charge in [0.1, 0.15) is 0 Å². The molecule has 1 atom stereocenters. The van der Waals surface area contributed by atoms with Crippen LogP contribution >= 0.6 is 0 Å². The van der Waals surface area contributed by atoms with Crippen molar-refractivity contribution in [2.45, 2.75) is 31.1 Å². The smallest absolute Gasteiger partial charge is 0.325 e. The number of hydrogen-bond donors (Lipinski definition) is 1. The number of ether oxygens (including phenoxy) is 1. The molecule has 94 valence electrons. The minimum absolute atomic E-state index is 0.0488. The van der Waals surface area contributed by atoms with Crippen LogP contribution in [0.2, 0.25) is 0 Å². The van der Waals surface area contributed by atoms with Gasteiger partial charge in [0.25, 0.3) is 0 Å². The molecule has 0 aliphatic carbocycles. The third-order valence-corrected chi connectivity index (χ3v) is 5.00. The third-order valence-electron chi connectivity index (χ3n) is 2.94. The number of rotatable bonds is 4. The number of carbonyl (C=O) groups is 1. The van der Waals surface area contributed by atoms with Crippen molar-refractivity contribution in [3.05, 3.63) is 0 Å². The predicted molar refractivity (Wildman–Crippen MR) is 57.2 cm³/mol. The van der Waals surface area contributed by atoms with E-state index in [4.69, 9.17) is 0 Å². The topological polar surface area (TPSA) is 83.9 Å². The molecule has 0 aromatic heterocycles. The standard InChI is InChI=1S/C9H17NO5S/c1-4-9(12)5-10(6-9)16(13,14)7(2)8(11)15-3/h7,12H,4-6H2,1-3H3. The van der Waals surface area contributed by atoms with Crippen LogP contribution in [0.25, 0.3) is 0 Å². The Morgan fingerprint density at radius 3 is 2.44 bits per heavy atom. The molecule has 0 radical (unpaired) electrons. The predicted octanol–water partition coefficient (Wildman–Crippen LogP) is -0.666. The Morgan fingerprint density at radius 2 is 2.06 bits per heavy atom. The number of esters is 1. The Hall–Kier alpha value is -0.660. The first kappa shape index (κ1) is 13.4. The zero-order valence-electron chi connectivity index (χ0n) is 9.63. The van der Waals surface area contributed by atoms with Crippen molar-refractivity contribution in [3.8, 4) is 0 Å². The van der Waals surface area contributed by atoms with Gasteiger partial charge in [-0.15, -0.1) is 0 Å². The molecular formula is C9H17NO5S. The monoisotopic (exact) mass is 251 g/mol. The largest absolute Gasteiger partial charge is 0.468 e. The van der Waals surface area contributed by atoms with Gasteiger partial charge < -0.3 is 9.84 Å². The summed E-state index contributed by atoms with van der Waals surface area (Å²) in [5, 5.41) is 8.48. The van der Waals surface area contributed by atoms with E-state index >= 15 is 0 Å². The quantitative estimate of drug-likeness (QED) is 0.670. The van der Waals surface area contributed by atoms with E-state index < -0.39 is 26.8 Å². The Balaban J connectivity index is 2.72. The summed E-state index contributed by atoms with van der Waals surface area (Å²) in [7, 11) is -2.55. The summed E-state index contributed by atoms with van der Waals surface area (Å²) in [4.78, 5) is 11.1. The molecule has 0 amide bonds. The van der Waals surface area contributed by atoms with Gasteiger partial charge in [-0.05, 0) is 13.3 Å². The van der Waals surface area contributed by atoms with Crippen molar-refractivity contribution in [1.29, 1.82) is 0 Å². The summed E-state index contributed by atoms with van der Waals surface area (Å²) >= 11 is 0. The lowest BCUT2D eigenvalue weighted by molar-refractivity contribution is -0.140. The van der Waals surface area contributed by atoms with Crippen LogP contribution in [0.4, 0.5) is 0 Å². The van der Waals surface area contributed by atoms with Crippen LogP contribution in [0.3, 0.4) is 0 Å². The minimum Gasteiger partial charge on any atom is -0.468 e. The Kier molecular flexibility index (Phi) is 3.61. The van der Waals surface area contributed by atoms with Gasteiger partial charge in [0.2, 0.25) is 10.0 Å². The zero-order valence-corrected chi connectivity index (χ0v) is 10.5. The molecule has 6 nitrogen and oxygen atoms in total. The second-order valence-electron chi connectivity index (χ2n) is 4.06. The molecule has 1 saturated heterocycles. The first-order valence-electron chi connectivity index (χ1n) is 5.06. The number of β-amino-alcohol motifs (C(OH)–C–C–N with tert-alkyl or cyclic N) is 1. The maximum absolute atomic E-state index is 11.8. The highest BCUT2D eigenvalue weighted by molar-refractivity contribution is 7.90. The lowest BCUT2D eigenvalue weighted by atomic mass is 9.94. The van der Waals surface area contributed by atoms with E-state index in [0.717, 1.165) is 11.4 Å². The number of nitrogens with zero attached hydrogens (tertiary/aromatic N) is 1. The molecule has 1 heterocycles. The fourth-order valence-corrected chi connectivity index (χ4v) is 3.15. The average molecular weight is 251 g/mol. The molecule has 1 aliphatic heterocycles. The van der Waals surface area contributed by atoms with Gasteiger partial charge in [0.05, 0.1) is 12.7 Å². The summed E-state index contributed by atoms with van der Waals surface area (Å²) in [6.07, 6.45) is 0.492. The van der Waals surface area contributed by atoms with E-state index in [1.165, 1.54) is 6.92 Å². The van der Waals surface area contributed by atoms with Gasteiger partial charge in [-0.1, -0.05) is 6.92 Å². The molecule has 0 bridgehead atoms. The van der Waals surface area contributed by atoms with Crippen LogP contribution in [-0.4, -0.2) is 54.8 Å². The number of aliphatic hydroxyl groups is 1. The Bertz CT molecular complexity index is 371. The normalized spacial score (nSPS) is 22.2. The molecule has 7 heteroatoms. The maximum atomic E-state index is 11.8. The molecule has 1 aliphatic rings. The summed E-state index contributed by atoms with van der Waals surface area (Å²) in [6.45, 7) is 3.17. The fraction of sp³-hybridized carbons (Fsp3) is 0.889. The average Bonchev–Trinajstić information content (AvgIpc) is 2.22. The second-order valence-corrected chi connectivity index (χ2v) is 6.31. The van der Waals surface area contributed by atoms with Crippen LogP contribution < -0.4 is 0 Å². The summed E-state index contributed by atoms with van der Waals surface area (Å²) in [5.41, 5.74) is -0.942. The molecule has 1 unspecified atom stereocenters. The minimum atomic E-state index is -3.70. The highest BCUT2D eigenvalue weighted by Gasteiger charge is 2.48. The molecule has 0 saturated carbocycles. The van der Waals surface area contributed by atoms with Gasteiger partial charge in [-0.3, -0.25) is 4.79 Å². The van der Waals surface area contributed by atoms with Crippen LogP contribution in [0, 0.1) is 0 Å². The highest BCUT2D eigenvalue weighted by Crippen LogP contribution is 2.28. The van der Waals surface area contributed by atoms with E-state index in [2.05, 4.69) is 4.74 Å². The van der Waals surface area contributed by atoms with E-state index in [9.17, 15) is 18.3 Å². The zero-order chi connectivity index (χ0) is 12.6. The van der Waals surface area contributed by atoms with Crippen molar-refractivity contribution < 1.29 is 23.1 Å². The number of carbonyl (C=O) groups excluding carboxylic acids is 1. The summed E-state index contributed by atoms with van der Waals surface area (Å²) in [5.74, 6) is -0.785. The van der Waals surface area contributed by atoms with Crippen molar-refractivity contribution in [1.82, 2.24) is 4.31 Å². The van der Waals surface area contributed by atoms with Gasteiger partial charge in [-0.25, -0.2) is 8.42 Å². The van der Waals surface area contributed by atoms with E-state index in [1.807, 2.05) is 0 Å². The van der Waals surface area contributed by atoms with E-state index in [-0.39, 0.29) is 13.1 Å². The van der Waals surface area contributed by atoms with Gasteiger partial charge in [0.15, 0.2) is 5.25 Å². The van der Waals surface area contributed by atoms with E-state index in [1.54, 1.807) is 6.92 Å². The van der Waals surface area contributed by atoms with Crippen LogP contribution in [0.5, 0.6) is 0 Å². The first-order valence-corrected chi connectivity index (χ1v) is 6.56. The molecule has 1 fully saturated rings. The molecule has 16 heavy (non-hydrogen) atoms. The lowest BCUT2D eigenvalue weighted by Crippen LogP contribution is -2.64. The highest BCUT2D eigenvalue weighted by atomic mass is 32.2. The van der Waals surface area contributed by atoms with Crippen molar-refractivity contribution in [2.24, 2.45) is 0 Å². The summed E-state index contributed by atoms with van der Waals surface area (Å²) < 4.78 is 29.2. The van der Waals surface area contributed by atoms with Crippen LogP contribution in [0.1, 0.15) is 20.3 Å². The number of sulfonamides is 1. The maximum Gasteiger partial charge on any atom is 0.325 e. The van der Waals surface area contributed by atoms with Crippen LogP contribution in [-0.2, 0) is 19.6 Å². The Morgan fingerprint density at radius 1 is 1.56 bits per heavy atom. The van der Waals surface area contributed by atoms with Crippen molar-refractivity contribution in [2.75, 3.05) is 20.2 Å². The van der Waals surface area contributed by atoms with E-state index in [0.29, 0.717) is 6.42 Å². The fourth-order valence-electron chi connectivity index (χ4n) is 1.52. The Labute approximate surface area is 95.2 Å². The van der Waals surface area contributed by atoms with Crippen molar-refractivity contribution in [3.63, 3.8) is 0 Å². The molecule has 1 rings (SSSR count). The molecular weight excluding hydrogens is 234 g/mol. The molecule has 1 N–H and O–H groups in total. The van der Waals surface area contributed by atoms with Gasteiger partial charge in [-0.2, -0.15) is 4.31 Å². The van der Waals surface area contributed by atoms with Crippen molar-refractivity contribution >= 4 is 16.0 Å². The SMILES string of the molecule is CCC1(O)CN(S(=O)(=O)C(C)C(=O)OC)C1. The van der Waals surface area contributed by atoms with Gasteiger partial charge in [0, 0.05) is 13.1 Å². The number of methoxy groups -OCH3 is 1.